The molecule has 0 fully saturated rings. The summed E-state index contributed by atoms with van der Waals surface area (Å²) in [5, 5.41) is 10.1. The highest BCUT2D eigenvalue weighted by Crippen LogP contribution is 2.02. The number of carbonyl (C=O) groups excluding carboxylic acids is 1. The molecular weight excluding hydrogens is 168 g/mol. The SMILES string of the molecule is COC(=O)CNc1nnns1. The lowest BCUT2D eigenvalue weighted by Crippen LogP contribution is -2.14. The molecule has 1 rings (SSSR count). The third-order valence-corrected chi connectivity index (χ3v) is 1.46. The number of nitrogens with one attached hydrogen (secondary N) is 1. The molecule has 1 heterocycles. The molecule has 1 N–H and O–H groups in total. The Kier molecular flexibility index (Phi) is 2.73. The minimum absolute atomic E-state index is 0.0906. The lowest BCUT2D eigenvalue weighted by molar-refractivity contribution is -0.138. The molecule has 11 heavy (non-hydrogen) atoms. The van der Waals surface area contributed by atoms with Crippen molar-refractivity contribution in [3.8, 4) is 0 Å². The van der Waals surface area contributed by atoms with Crippen molar-refractivity contribution in [3.05, 3.63) is 0 Å². The second-order valence-corrected chi connectivity index (χ2v) is 2.33. The molecule has 0 atom stereocenters. The molecule has 1 aromatic rings. The maximum Gasteiger partial charge on any atom is 0.325 e. The first-order chi connectivity index (χ1) is 5.33. The number of nitrogens with zero attached hydrogens (tertiary/aromatic N) is 3. The van der Waals surface area contributed by atoms with Crippen LogP contribution in [-0.4, -0.2) is 34.4 Å². The molecule has 0 aliphatic carbocycles. The van der Waals surface area contributed by atoms with Gasteiger partial charge < -0.3 is 10.1 Å². The number of ether oxygens (including phenoxy) is 1. The van der Waals surface area contributed by atoms with Gasteiger partial charge in [-0.05, 0) is 5.21 Å². The number of methoxy groups -OCH3 is 1. The molecule has 6 nitrogen and oxygen atoms in total. The van der Waals surface area contributed by atoms with Crippen LogP contribution in [0.25, 0.3) is 0 Å². The van der Waals surface area contributed by atoms with Crippen molar-refractivity contribution in [1.29, 1.82) is 0 Å². The third kappa shape index (κ3) is 2.46. The summed E-state index contributed by atoms with van der Waals surface area (Å²) in [6.07, 6.45) is 0. The average molecular weight is 174 g/mol. The van der Waals surface area contributed by atoms with Gasteiger partial charge in [0.05, 0.1) is 7.11 Å². The van der Waals surface area contributed by atoms with Crippen LogP contribution in [0.15, 0.2) is 0 Å². The number of hydrogen-bond acceptors (Lipinski definition) is 7. The Labute approximate surface area is 66.7 Å². The van der Waals surface area contributed by atoms with Gasteiger partial charge in [0.25, 0.3) is 0 Å². The first kappa shape index (κ1) is 7.86. The number of aromatic nitrogens is 3. The van der Waals surface area contributed by atoms with E-state index in [1.165, 1.54) is 7.11 Å². The highest BCUT2D eigenvalue weighted by molar-refractivity contribution is 7.09. The zero-order valence-corrected chi connectivity index (χ0v) is 6.59. The Morgan fingerprint density at radius 1 is 1.82 bits per heavy atom. The average Bonchev–Trinajstić information content (AvgIpc) is 2.52. The molecule has 0 amide bonds. The van der Waals surface area contributed by atoms with Crippen LogP contribution in [0.3, 0.4) is 0 Å². The summed E-state index contributed by atoms with van der Waals surface area (Å²) in [4.78, 5) is 10.6. The molecule has 7 heteroatoms. The van der Waals surface area contributed by atoms with E-state index in [1.807, 2.05) is 0 Å². The molecule has 0 aromatic carbocycles. The Bertz CT molecular complexity index is 224. The van der Waals surface area contributed by atoms with E-state index in [0.29, 0.717) is 5.13 Å². The van der Waals surface area contributed by atoms with Gasteiger partial charge in [-0.15, -0.1) is 0 Å². The van der Waals surface area contributed by atoms with E-state index in [1.54, 1.807) is 0 Å². The molecule has 0 saturated heterocycles. The molecule has 0 unspecified atom stereocenters. The number of rotatable bonds is 3. The quantitative estimate of drug-likeness (QED) is 0.623. The molecular formula is C4H6N4O2S. The van der Waals surface area contributed by atoms with Crippen LogP contribution in [0, 0.1) is 0 Å². The molecule has 60 valence electrons. The van der Waals surface area contributed by atoms with Crippen LogP contribution in [-0.2, 0) is 9.53 Å². The Hall–Kier alpha value is -1.24. The maximum absolute atomic E-state index is 10.6. The van der Waals surface area contributed by atoms with Crippen LogP contribution >= 0.6 is 11.5 Å². The summed E-state index contributed by atoms with van der Waals surface area (Å²) >= 11 is 1.08. The van der Waals surface area contributed by atoms with Crippen LogP contribution < -0.4 is 5.32 Å². The predicted molar refractivity (Wildman–Crippen MR) is 38.2 cm³/mol. The minimum Gasteiger partial charge on any atom is -0.468 e. The van der Waals surface area contributed by atoms with Gasteiger partial charge in [-0.3, -0.25) is 4.79 Å². The number of anilines is 1. The van der Waals surface area contributed by atoms with Crippen molar-refractivity contribution >= 4 is 22.6 Å². The van der Waals surface area contributed by atoms with E-state index in [-0.39, 0.29) is 12.5 Å². The highest BCUT2D eigenvalue weighted by atomic mass is 32.1. The molecule has 0 aliphatic rings. The van der Waals surface area contributed by atoms with Gasteiger partial charge in [0.2, 0.25) is 5.13 Å². The summed E-state index contributed by atoms with van der Waals surface area (Å²) in [6, 6.07) is 0. The van der Waals surface area contributed by atoms with E-state index < -0.39 is 0 Å². The molecule has 1 aromatic heterocycles. The van der Waals surface area contributed by atoms with Gasteiger partial charge in [0, 0.05) is 11.5 Å². The normalized spacial score (nSPS) is 9.18. The molecule has 0 bridgehead atoms. The highest BCUT2D eigenvalue weighted by Gasteiger charge is 2.01. The molecule has 0 saturated carbocycles. The van der Waals surface area contributed by atoms with Gasteiger partial charge in [-0.25, -0.2) is 0 Å². The first-order valence-electron chi connectivity index (χ1n) is 2.78. The Morgan fingerprint density at radius 2 is 2.64 bits per heavy atom. The van der Waals surface area contributed by atoms with Gasteiger partial charge in [0.15, 0.2) is 0 Å². The van der Waals surface area contributed by atoms with Crippen molar-refractivity contribution in [2.24, 2.45) is 0 Å². The number of esters is 1. The minimum atomic E-state index is -0.347. The summed E-state index contributed by atoms with van der Waals surface area (Å²) in [5.41, 5.74) is 0. The lowest BCUT2D eigenvalue weighted by atomic mass is 10.7. The van der Waals surface area contributed by atoms with Crippen LogP contribution in [0.1, 0.15) is 0 Å². The Morgan fingerprint density at radius 3 is 3.18 bits per heavy atom. The van der Waals surface area contributed by atoms with E-state index >= 15 is 0 Å². The number of carbonyl (C=O) groups is 1. The number of hydrogen-bond donors (Lipinski definition) is 1. The second-order valence-electron chi connectivity index (χ2n) is 1.60. The smallest absolute Gasteiger partial charge is 0.325 e. The Balaban J connectivity index is 2.29. The monoisotopic (exact) mass is 174 g/mol. The van der Waals surface area contributed by atoms with Gasteiger partial charge in [-0.1, -0.05) is 9.59 Å². The summed E-state index contributed by atoms with van der Waals surface area (Å²) in [6.45, 7) is 0.0906. The molecule has 0 radical (unpaired) electrons. The van der Waals surface area contributed by atoms with E-state index in [9.17, 15) is 4.79 Å². The fourth-order valence-corrected chi connectivity index (χ4v) is 0.782. The van der Waals surface area contributed by atoms with Crippen LogP contribution in [0.2, 0.25) is 0 Å². The molecule has 0 spiro atoms. The maximum atomic E-state index is 10.6. The van der Waals surface area contributed by atoms with Crippen LogP contribution in [0.4, 0.5) is 5.13 Å². The van der Waals surface area contributed by atoms with Crippen molar-refractivity contribution in [3.63, 3.8) is 0 Å². The fourth-order valence-electron chi connectivity index (χ4n) is 0.422. The topological polar surface area (TPSA) is 77.0 Å². The zero-order chi connectivity index (χ0) is 8.10. The second kappa shape index (κ2) is 3.81. The predicted octanol–water partition coefficient (Wildman–Crippen LogP) is -0.482. The summed E-state index contributed by atoms with van der Waals surface area (Å²) in [5.74, 6) is -0.347. The van der Waals surface area contributed by atoms with E-state index in [4.69, 9.17) is 0 Å². The molecule has 0 aliphatic heterocycles. The largest absolute Gasteiger partial charge is 0.468 e. The van der Waals surface area contributed by atoms with Gasteiger partial charge in [0.1, 0.15) is 6.54 Å². The van der Waals surface area contributed by atoms with Crippen molar-refractivity contribution in [1.82, 2.24) is 14.8 Å². The first-order valence-corrected chi connectivity index (χ1v) is 3.56. The van der Waals surface area contributed by atoms with E-state index in [2.05, 4.69) is 24.9 Å². The standard InChI is InChI=1S/C4H6N4O2S/c1-10-3(9)2-5-4-6-7-8-11-4/h2H2,1H3,(H,5,6,8). The van der Waals surface area contributed by atoms with E-state index in [0.717, 1.165) is 11.5 Å². The third-order valence-electron chi connectivity index (χ3n) is 0.911. The van der Waals surface area contributed by atoms with Gasteiger partial charge >= 0.3 is 5.97 Å². The van der Waals surface area contributed by atoms with Crippen molar-refractivity contribution in [2.45, 2.75) is 0 Å². The van der Waals surface area contributed by atoms with Gasteiger partial charge in [-0.2, -0.15) is 0 Å². The summed E-state index contributed by atoms with van der Waals surface area (Å²) in [7, 11) is 1.32. The zero-order valence-electron chi connectivity index (χ0n) is 5.77. The summed E-state index contributed by atoms with van der Waals surface area (Å²) < 4.78 is 7.87. The fraction of sp³-hybridized carbons (Fsp3) is 0.500. The van der Waals surface area contributed by atoms with Crippen LogP contribution in [0.5, 0.6) is 0 Å². The van der Waals surface area contributed by atoms with Crippen molar-refractivity contribution in [2.75, 3.05) is 19.0 Å². The lowest BCUT2D eigenvalue weighted by Gasteiger charge is -1.97. The van der Waals surface area contributed by atoms with Crippen molar-refractivity contribution < 1.29 is 9.53 Å².